The monoisotopic (exact) mass is 480 g/mol. The molecule has 1 saturated heterocycles. The van der Waals surface area contributed by atoms with Crippen LogP contribution in [0.15, 0.2) is 47.4 Å². The predicted molar refractivity (Wildman–Crippen MR) is 119 cm³/mol. The molecule has 0 unspecified atom stereocenters. The number of carbonyl (C=O) groups is 2. The first kappa shape index (κ1) is 24.0. The number of piperidine rings is 1. The second kappa shape index (κ2) is 10.8. The van der Waals surface area contributed by atoms with E-state index in [1.807, 2.05) is 12.1 Å². The van der Waals surface area contributed by atoms with Crippen LogP contribution >= 0.6 is 11.6 Å². The number of methoxy groups -OCH3 is 1. The van der Waals surface area contributed by atoms with Gasteiger partial charge in [-0.1, -0.05) is 30.2 Å². The van der Waals surface area contributed by atoms with E-state index >= 15 is 0 Å². The number of sulfonamides is 1. The number of nitrogens with one attached hydrogen (secondary N) is 1. The van der Waals surface area contributed by atoms with Gasteiger partial charge < -0.3 is 14.8 Å². The van der Waals surface area contributed by atoms with Gasteiger partial charge in [0.05, 0.1) is 17.7 Å². The maximum atomic E-state index is 12.9. The highest BCUT2D eigenvalue weighted by molar-refractivity contribution is 7.89. The summed E-state index contributed by atoms with van der Waals surface area (Å²) in [6.45, 7) is 0.606. The van der Waals surface area contributed by atoms with Crippen LogP contribution in [0.4, 0.5) is 0 Å². The summed E-state index contributed by atoms with van der Waals surface area (Å²) in [6.07, 6.45) is 2.54. The standard InChI is InChI=1S/C22H25ClN2O6S/c1-30-18-8-5-16(6-9-18)14-24-21(26)15-31-22(27)17-7-10-19(23)20(13-17)32(28,29)25-11-3-2-4-12-25/h5-10,13H,2-4,11-12,14-15H2,1H3,(H,24,26). The molecule has 3 rings (SSSR count). The molecule has 0 atom stereocenters. The summed E-state index contributed by atoms with van der Waals surface area (Å²) >= 11 is 6.12. The number of carbonyl (C=O) groups excluding carboxylic acids is 2. The molecule has 2 aromatic carbocycles. The lowest BCUT2D eigenvalue weighted by atomic mass is 10.2. The van der Waals surface area contributed by atoms with Crippen LogP contribution in [0.3, 0.4) is 0 Å². The third kappa shape index (κ3) is 5.99. The van der Waals surface area contributed by atoms with Crippen LogP contribution in [-0.2, 0) is 26.1 Å². The summed E-state index contributed by atoms with van der Waals surface area (Å²) in [5.41, 5.74) is 0.865. The van der Waals surface area contributed by atoms with E-state index in [2.05, 4.69) is 5.32 Å². The first-order valence-electron chi connectivity index (χ1n) is 10.2. The molecule has 1 aliphatic rings. The van der Waals surface area contributed by atoms with Crippen LogP contribution in [-0.4, -0.2) is 51.4 Å². The fraction of sp³-hybridized carbons (Fsp3) is 0.364. The minimum Gasteiger partial charge on any atom is -0.497 e. The molecular formula is C22H25ClN2O6S. The molecule has 10 heteroatoms. The number of amides is 1. The molecule has 1 fully saturated rings. The van der Waals surface area contributed by atoms with Crippen molar-refractivity contribution in [1.82, 2.24) is 9.62 Å². The first-order chi connectivity index (χ1) is 15.3. The molecule has 172 valence electrons. The topological polar surface area (TPSA) is 102 Å². The maximum Gasteiger partial charge on any atom is 0.338 e. The molecule has 1 amide bonds. The highest BCUT2D eigenvalue weighted by Crippen LogP contribution is 2.28. The molecule has 0 aliphatic carbocycles. The van der Waals surface area contributed by atoms with E-state index in [1.165, 1.54) is 22.5 Å². The molecule has 0 bridgehead atoms. The zero-order valence-corrected chi connectivity index (χ0v) is 19.2. The zero-order valence-electron chi connectivity index (χ0n) is 17.7. The Morgan fingerprint density at radius 3 is 2.41 bits per heavy atom. The average Bonchev–Trinajstić information content (AvgIpc) is 2.82. The summed E-state index contributed by atoms with van der Waals surface area (Å²) in [5.74, 6) is -0.584. The average molecular weight is 481 g/mol. The normalized spacial score (nSPS) is 14.6. The van der Waals surface area contributed by atoms with Gasteiger partial charge in [0.15, 0.2) is 6.61 Å². The van der Waals surface area contributed by atoms with Crippen molar-refractivity contribution in [3.05, 3.63) is 58.6 Å². The number of nitrogens with zero attached hydrogens (tertiary/aromatic N) is 1. The Kier molecular flexibility index (Phi) is 8.11. The van der Waals surface area contributed by atoms with Crippen LogP contribution in [0, 0.1) is 0 Å². The van der Waals surface area contributed by atoms with Gasteiger partial charge in [-0.2, -0.15) is 4.31 Å². The second-order valence-electron chi connectivity index (χ2n) is 7.31. The third-order valence-corrected chi connectivity index (χ3v) is 7.46. The molecule has 8 nitrogen and oxygen atoms in total. The predicted octanol–water partition coefficient (Wildman–Crippen LogP) is 3.00. The van der Waals surface area contributed by atoms with Crippen LogP contribution in [0.5, 0.6) is 5.75 Å². The van der Waals surface area contributed by atoms with Crippen molar-refractivity contribution >= 4 is 33.5 Å². The molecule has 0 saturated carbocycles. The van der Waals surface area contributed by atoms with E-state index in [-0.39, 0.29) is 22.0 Å². The number of benzene rings is 2. The lowest BCUT2D eigenvalue weighted by Gasteiger charge is -2.26. The van der Waals surface area contributed by atoms with Gasteiger partial charge in [-0.15, -0.1) is 0 Å². The van der Waals surface area contributed by atoms with Crippen molar-refractivity contribution in [1.29, 1.82) is 0 Å². The minimum atomic E-state index is -3.82. The van der Waals surface area contributed by atoms with Crippen molar-refractivity contribution in [2.24, 2.45) is 0 Å². The largest absolute Gasteiger partial charge is 0.497 e. The van der Waals surface area contributed by atoms with Crippen molar-refractivity contribution in [3.63, 3.8) is 0 Å². The first-order valence-corrected chi connectivity index (χ1v) is 12.0. The number of halogens is 1. The van der Waals surface area contributed by atoms with E-state index in [0.29, 0.717) is 18.8 Å². The Labute approximate surface area is 192 Å². The Bertz CT molecular complexity index is 1070. The Morgan fingerprint density at radius 1 is 1.06 bits per heavy atom. The summed E-state index contributed by atoms with van der Waals surface area (Å²) in [7, 11) is -2.25. The smallest absolute Gasteiger partial charge is 0.338 e. The molecule has 0 aromatic heterocycles. The van der Waals surface area contributed by atoms with E-state index in [9.17, 15) is 18.0 Å². The van der Waals surface area contributed by atoms with Gasteiger partial charge in [-0.3, -0.25) is 4.79 Å². The lowest BCUT2D eigenvalue weighted by Crippen LogP contribution is -2.35. The summed E-state index contributed by atoms with van der Waals surface area (Å²) < 4.78 is 37.4. The maximum absolute atomic E-state index is 12.9. The van der Waals surface area contributed by atoms with Gasteiger partial charge in [0.1, 0.15) is 10.6 Å². The Hall–Kier alpha value is -2.62. The highest BCUT2D eigenvalue weighted by atomic mass is 35.5. The molecule has 1 aliphatic heterocycles. The summed E-state index contributed by atoms with van der Waals surface area (Å²) in [4.78, 5) is 24.3. The third-order valence-electron chi connectivity index (χ3n) is 5.08. The van der Waals surface area contributed by atoms with Crippen LogP contribution < -0.4 is 10.1 Å². The van der Waals surface area contributed by atoms with Gasteiger partial charge in [0, 0.05) is 19.6 Å². The number of ether oxygens (including phenoxy) is 2. The number of hydrogen-bond donors (Lipinski definition) is 1. The highest BCUT2D eigenvalue weighted by Gasteiger charge is 2.29. The Morgan fingerprint density at radius 2 is 1.75 bits per heavy atom. The van der Waals surface area contributed by atoms with Gasteiger partial charge in [-0.05, 0) is 48.7 Å². The van der Waals surface area contributed by atoms with Crippen LogP contribution in [0.2, 0.25) is 5.02 Å². The molecule has 2 aromatic rings. The van der Waals surface area contributed by atoms with Crippen LogP contribution in [0.25, 0.3) is 0 Å². The number of hydrogen-bond acceptors (Lipinski definition) is 6. The summed E-state index contributed by atoms with van der Waals surface area (Å²) in [5, 5.41) is 2.68. The SMILES string of the molecule is COc1ccc(CNC(=O)COC(=O)c2ccc(Cl)c(S(=O)(=O)N3CCCCC3)c2)cc1. The van der Waals surface area contributed by atoms with Crippen LogP contribution in [0.1, 0.15) is 35.2 Å². The fourth-order valence-electron chi connectivity index (χ4n) is 3.28. The van der Waals surface area contributed by atoms with Gasteiger partial charge in [0.25, 0.3) is 5.91 Å². The quantitative estimate of drug-likeness (QED) is 0.583. The van der Waals surface area contributed by atoms with Gasteiger partial charge >= 0.3 is 5.97 Å². The van der Waals surface area contributed by atoms with Crippen molar-refractivity contribution in [2.45, 2.75) is 30.7 Å². The van der Waals surface area contributed by atoms with Gasteiger partial charge in [-0.25, -0.2) is 13.2 Å². The minimum absolute atomic E-state index is 0.00735. The van der Waals surface area contributed by atoms with Gasteiger partial charge in [0.2, 0.25) is 10.0 Å². The van der Waals surface area contributed by atoms with Crippen molar-refractivity contribution < 1.29 is 27.5 Å². The molecule has 0 radical (unpaired) electrons. The molecule has 0 spiro atoms. The number of esters is 1. The molecule has 1 heterocycles. The molecule has 1 N–H and O–H groups in total. The molecular weight excluding hydrogens is 456 g/mol. The van der Waals surface area contributed by atoms with E-state index in [4.69, 9.17) is 21.1 Å². The fourth-order valence-corrected chi connectivity index (χ4v) is 5.30. The van der Waals surface area contributed by atoms with E-state index in [0.717, 1.165) is 24.8 Å². The van der Waals surface area contributed by atoms with Crippen molar-refractivity contribution in [3.8, 4) is 5.75 Å². The zero-order chi connectivity index (χ0) is 23.1. The number of rotatable bonds is 8. The Balaban J connectivity index is 1.58. The molecule has 32 heavy (non-hydrogen) atoms. The lowest BCUT2D eigenvalue weighted by molar-refractivity contribution is -0.124. The summed E-state index contributed by atoms with van der Waals surface area (Å²) in [6, 6.07) is 11.1. The van der Waals surface area contributed by atoms with Crippen molar-refractivity contribution in [2.75, 3.05) is 26.8 Å². The van der Waals surface area contributed by atoms with E-state index < -0.39 is 28.5 Å². The second-order valence-corrected chi connectivity index (χ2v) is 9.62. The van der Waals surface area contributed by atoms with E-state index in [1.54, 1.807) is 19.2 Å².